The van der Waals surface area contributed by atoms with Crippen LogP contribution in [0.1, 0.15) is 59.5 Å². The first kappa shape index (κ1) is 20.4. The molecule has 0 bridgehead atoms. The molecule has 5 nitrogen and oxygen atoms in total. The van der Waals surface area contributed by atoms with Gasteiger partial charge in [0.25, 0.3) is 5.91 Å². The van der Waals surface area contributed by atoms with E-state index in [-0.39, 0.29) is 11.9 Å². The number of hydrogen-bond acceptors (Lipinski definition) is 5. The van der Waals surface area contributed by atoms with Gasteiger partial charge in [0.05, 0.1) is 12.2 Å². The third-order valence-electron chi connectivity index (χ3n) is 4.82. The minimum atomic E-state index is -0.629. The molecule has 6 heteroatoms. The normalized spacial score (nSPS) is 14.1. The van der Waals surface area contributed by atoms with E-state index in [1.807, 2.05) is 38.1 Å². The predicted molar refractivity (Wildman–Crippen MR) is 111 cm³/mol. The molecule has 28 heavy (non-hydrogen) atoms. The van der Waals surface area contributed by atoms with Crippen LogP contribution < -0.4 is 10.1 Å². The van der Waals surface area contributed by atoms with Gasteiger partial charge in [-0.05, 0) is 69.2 Å². The summed E-state index contributed by atoms with van der Waals surface area (Å²) < 4.78 is 11.2. The minimum absolute atomic E-state index is 0.242. The van der Waals surface area contributed by atoms with Crippen LogP contribution in [0.2, 0.25) is 0 Å². The van der Waals surface area contributed by atoms with Crippen LogP contribution in [0.3, 0.4) is 0 Å². The standard InChI is InChI=1S/C22H27NO4S/c1-4-17(27-15-10-8-9-14(3)13-15)20(24)23-21-19(22(25)26-5-2)16-11-6-7-12-18(16)28-21/h8-10,13,17H,4-7,11-12H2,1-3H3,(H,23,24). The SMILES string of the molecule is CCOC(=O)c1c(NC(=O)C(CC)Oc2cccc(C)c2)sc2c1CCCC2. The molecule has 1 amide bonds. The summed E-state index contributed by atoms with van der Waals surface area (Å²) in [5.74, 6) is 0.0658. The molecule has 150 valence electrons. The van der Waals surface area contributed by atoms with E-state index in [4.69, 9.17) is 9.47 Å². The van der Waals surface area contributed by atoms with Crippen molar-refractivity contribution in [2.75, 3.05) is 11.9 Å². The fourth-order valence-electron chi connectivity index (χ4n) is 3.44. The molecule has 1 N–H and O–H groups in total. The van der Waals surface area contributed by atoms with Gasteiger partial charge in [-0.15, -0.1) is 11.3 Å². The summed E-state index contributed by atoms with van der Waals surface area (Å²) in [5.41, 5.74) is 2.64. The lowest BCUT2D eigenvalue weighted by molar-refractivity contribution is -0.122. The summed E-state index contributed by atoms with van der Waals surface area (Å²) in [6.07, 6.45) is 3.86. The van der Waals surface area contributed by atoms with Gasteiger partial charge in [-0.25, -0.2) is 4.79 Å². The van der Waals surface area contributed by atoms with Gasteiger partial charge in [0.15, 0.2) is 6.10 Å². The Bertz CT molecular complexity index is 858. The molecule has 1 aliphatic rings. The van der Waals surface area contributed by atoms with Crippen molar-refractivity contribution in [3.63, 3.8) is 0 Å². The van der Waals surface area contributed by atoms with Gasteiger partial charge < -0.3 is 14.8 Å². The van der Waals surface area contributed by atoms with Crippen LogP contribution in [0.5, 0.6) is 5.75 Å². The summed E-state index contributed by atoms with van der Waals surface area (Å²) >= 11 is 1.49. The molecule has 0 radical (unpaired) electrons. The molecule has 1 atom stereocenters. The van der Waals surface area contributed by atoms with Crippen molar-refractivity contribution in [3.8, 4) is 5.75 Å². The maximum Gasteiger partial charge on any atom is 0.341 e. The van der Waals surface area contributed by atoms with Crippen LogP contribution in [0.4, 0.5) is 5.00 Å². The number of carbonyl (C=O) groups excluding carboxylic acids is 2. The van der Waals surface area contributed by atoms with Gasteiger partial charge in [0.2, 0.25) is 0 Å². The summed E-state index contributed by atoms with van der Waals surface area (Å²) in [6, 6.07) is 7.64. The summed E-state index contributed by atoms with van der Waals surface area (Å²) in [6.45, 7) is 5.99. The smallest absolute Gasteiger partial charge is 0.341 e. The molecule has 0 spiro atoms. The highest BCUT2D eigenvalue weighted by Crippen LogP contribution is 2.38. The molecule has 1 unspecified atom stereocenters. The molecule has 1 aliphatic carbocycles. The zero-order valence-electron chi connectivity index (χ0n) is 16.7. The lowest BCUT2D eigenvalue weighted by Crippen LogP contribution is -2.32. The molecule has 0 saturated heterocycles. The molecule has 3 rings (SSSR count). The third kappa shape index (κ3) is 4.55. The fourth-order valence-corrected chi connectivity index (χ4v) is 4.72. The molecule has 0 fully saturated rings. The Morgan fingerprint density at radius 3 is 2.71 bits per heavy atom. The Morgan fingerprint density at radius 2 is 2.00 bits per heavy atom. The highest BCUT2D eigenvalue weighted by Gasteiger charge is 2.29. The number of anilines is 1. The minimum Gasteiger partial charge on any atom is -0.481 e. The zero-order valence-corrected chi connectivity index (χ0v) is 17.5. The Hall–Kier alpha value is -2.34. The number of esters is 1. The molecule has 0 aliphatic heterocycles. The Balaban J connectivity index is 1.82. The average Bonchev–Trinajstić information content (AvgIpc) is 3.04. The first-order valence-corrected chi connectivity index (χ1v) is 10.7. The van der Waals surface area contributed by atoms with Crippen LogP contribution in [-0.2, 0) is 22.4 Å². The average molecular weight is 402 g/mol. The van der Waals surface area contributed by atoms with Crippen molar-refractivity contribution in [1.82, 2.24) is 0 Å². The maximum absolute atomic E-state index is 12.9. The number of ether oxygens (including phenoxy) is 2. The molecule has 1 aromatic carbocycles. The number of nitrogens with one attached hydrogen (secondary N) is 1. The van der Waals surface area contributed by atoms with Crippen LogP contribution in [0.15, 0.2) is 24.3 Å². The number of fused-ring (bicyclic) bond motifs is 1. The fraction of sp³-hybridized carbons (Fsp3) is 0.455. The van der Waals surface area contributed by atoms with E-state index in [2.05, 4.69) is 5.32 Å². The number of carbonyl (C=O) groups is 2. The number of rotatable bonds is 7. The van der Waals surface area contributed by atoms with Crippen molar-refractivity contribution in [2.24, 2.45) is 0 Å². The van der Waals surface area contributed by atoms with Crippen LogP contribution in [0.25, 0.3) is 0 Å². The monoisotopic (exact) mass is 401 g/mol. The highest BCUT2D eigenvalue weighted by molar-refractivity contribution is 7.17. The molecule has 1 aromatic heterocycles. The van der Waals surface area contributed by atoms with Crippen molar-refractivity contribution in [1.29, 1.82) is 0 Å². The van der Waals surface area contributed by atoms with Gasteiger partial charge in [0, 0.05) is 4.88 Å². The third-order valence-corrected chi connectivity index (χ3v) is 6.03. The molecular weight excluding hydrogens is 374 g/mol. The number of amides is 1. The van der Waals surface area contributed by atoms with Crippen LogP contribution >= 0.6 is 11.3 Å². The van der Waals surface area contributed by atoms with Crippen molar-refractivity contribution in [2.45, 2.75) is 59.0 Å². The number of aryl methyl sites for hydroxylation is 2. The Kier molecular flexibility index (Phi) is 6.73. The molecular formula is C22H27NO4S. The van der Waals surface area contributed by atoms with Crippen LogP contribution in [-0.4, -0.2) is 24.6 Å². The van der Waals surface area contributed by atoms with E-state index < -0.39 is 6.10 Å². The summed E-state index contributed by atoms with van der Waals surface area (Å²) in [5, 5.41) is 3.53. The topological polar surface area (TPSA) is 64.6 Å². The van der Waals surface area contributed by atoms with Crippen molar-refractivity contribution >= 4 is 28.2 Å². The predicted octanol–water partition coefficient (Wildman–Crippen LogP) is 4.91. The van der Waals surface area contributed by atoms with Crippen molar-refractivity contribution < 1.29 is 19.1 Å². The van der Waals surface area contributed by atoms with E-state index in [0.29, 0.717) is 29.3 Å². The second-order valence-electron chi connectivity index (χ2n) is 6.96. The van der Waals surface area contributed by atoms with Gasteiger partial charge >= 0.3 is 5.97 Å². The first-order chi connectivity index (χ1) is 13.5. The van der Waals surface area contributed by atoms with E-state index in [9.17, 15) is 9.59 Å². The van der Waals surface area contributed by atoms with E-state index in [1.54, 1.807) is 6.92 Å². The van der Waals surface area contributed by atoms with Crippen molar-refractivity contribution in [3.05, 3.63) is 45.8 Å². The Morgan fingerprint density at radius 1 is 1.21 bits per heavy atom. The lowest BCUT2D eigenvalue weighted by atomic mass is 9.95. The zero-order chi connectivity index (χ0) is 20.1. The van der Waals surface area contributed by atoms with E-state index in [1.165, 1.54) is 16.2 Å². The molecule has 2 aromatic rings. The number of benzene rings is 1. The maximum atomic E-state index is 12.9. The second-order valence-corrected chi connectivity index (χ2v) is 8.06. The second kappa shape index (κ2) is 9.24. The largest absolute Gasteiger partial charge is 0.481 e. The molecule has 0 saturated carbocycles. The van der Waals surface area contributed by atoms with E-state index in [0.717, 1.165) is 36.8 Å². The first-order valence-electron chi connectivity index (χ1n) is 9.89. The van der Waals surface area contributed by atoms with Gasteiger partial charge in [-0.2, -0.15) is 0 Å². The number of thiophene rings is 1. The van der Waals surface area contributed by atoms with E-state index >= 15 is 0 Å². The quantitative estimate of drug-likeness (QED) is 0.670. The molecule has 1 heterocycles. The van der Waals surface area contributed by atoms with Crippen LogP contribution in [0, 0.1) is 6.92 Å². The Labute approximate surface area is 170 Å². The number of hydrogen-bond donors (Lipinski definition) is 1. The summed E-state index contributed by atoms with van der Waals surface area (Å²) in [7, 11) is 0. The van der Waals surface area contributed by atoms with Gasteiger partial charge in [0.1, 0.15) is 10.8 Å². The lowest BCUT2D eigenvalue weighted by Gasteiger charge is -2.17. The van der Waals surface area contributed by atoms with Gasteiger partial charge in [-0.3, -0.25) is 4.79 Å². The summed E-state index contributed by atoms with van der Waals surface area (Å²) in [4.78, 5) is 26.6. The highest BCUT2D eigenvalue weighted by atomic mass is 32.1. The van der Waals surface area contributed by atoms with Gasteiger partial charge in [-0.1, -0.05) is 19.1 Å².